The van der Waals surface area contributed by atoms with Crippen molar-refractivity contribution in [1.29, 1.82) is 0 Å². The van der Waals surface area contributed by atoms with E-state index in [1.54, 1.807) is 7.11 Å². The molecule has 7 heteroatoms. The van der Waals surface area contributed by atoms with Gasteiger partial charge in [0.05, 0.1) is 24.4 Å². The maximum Gasteiger partial charge on any atom is 0.220 e. The summed E-state index contributed by atoms with van der Waals surface area (Å²) in [4.78, 5) is 10.7. The standard InChI is InChI=1S/C19H19ClN4O2/c1-25-18-4-2-12(8-15(18)20)17-5-3-14(26-17)11-24-7-6-16-13(10-24)9-22-19(21)23-16/h2-5,8-9H,6-7,10-11H2,1H3,(H2,21,22,23). The minimum atomic E-state index is 0.339. The van der Waals surface area contributed by atoms with E-state index in [1.165, 1.54) is 0 Å². The second-order valence-electron chi connectivity index (χ2n) is 6.28. The molecule has 1 aromatic carbocycles. The molecule has 1 aliphatic rings. The highest BCUT2D eigenvalue weighted by Crippen LogP contribution is 2.31. The number of nitrogens with zero attached hydrogens (tertiary/aromatic N) is 3. The number of furan rings is 1. The molecule has 0 fully saturated rings. The molecule has 0 saturated carbocycles. The van der Waals surface area contributed by atoms with Crippen LogP contribution in [0.15, 0.2) is 40.9 Å². The highest BCUT2D eigenvalue weighted by atomic mass is 35.5. The van der Waals surface area contributed by atoms with Gasteiger partial charge in [0.1, 0.15) is 17.3 Å². The third-order valence-electron chi connectivity index (χ3n) is 4.51. The first kappa shape index (κ1) is 16.9. The van der Waals surface area contributed by atoms with Gasteiger partial charge in [0.15, 0.2) is 0 Å². The van der Waals surface area contributed by atoms with Crippen molar-refractivity contribution in [1.82, 2.24) is 14.9 Å². The highest BCUT2D eigenvalue weighted by Gasteiger charge is 2.19. The zero-order valence-electron chi connectivity index (χ0n) is 14.4. The van der Waals surface area contributed by atoms with Gasteiger partial charge in [0.2, 0.25) is 5.95 Å². The van der Waals surface area contributed by atoms with Crippen molar-refractivity contribution in [2.24, 2.45) is 0 Å². The molecule has 134 valence electrons. The van der Waals surface area contributed by atoms with Gasteiger partial charge in [0.25, 0.3) is 0 Å². The van der Waals surface area contributed by atoms with E-state index in [-0.39, 0.29) is 0 Å². The number of nitrogen functional groups attached to an aromatic ring is 1. The quantitative estimate of drug-likeness (QED) is 0.756. The van der Waals surface area contributed by atoms with E-state index in [1.807, 2.05) is 36.5 Å². The number of hydrogen-bond acceptors (Lipinski definition) is 6. The Morgan fingerprint density at radius 2 is 2.19 bits per heavy atom. The van der Waals surface area contributed by atoms with Gasteiger partial charge >= 0.3 is 0 Å². The number of fused-ring (bicyclic) bond motifs is 1. The summed E-state index contributed by atoms with van der Waals surface area (Å²) < 4.78 is 11.2. The topological polar surface area (TPSA) is 77.4 Å². The monoisotopic (exact) mass is 370 g/mol. The molecule has 3 heterocycles. The predicted octanol–water partition coefficient (Wildman–Crippen LogP) is 3.54. The first-order valence-corrected chi connectivity index (χ1v) is 8.75. The predicted molar refractivity (Wildman–Crippen MR) is 100.0 cm³/mol. The SMILES string of the molecule is COc1ccc(-c2ccc(CN3CCc4nc(N)ncc4C3)o2)cc1Cl. The average molecular weight is 371 g/mol. The molecule has 0 radical (unpaired) electrons. The van der Waals surface area contributed by atoms with Gasteiger partial charge < -0.3 is 14.9 Å². The van der Waals surface area contributed by atoms with E-state index in [4.69, 9.17) is 26.5 Å². The molecule has 2 aromatic heterocycles. The molecule has 4 rings (SSSR count). The van der Waals surface area contributed by atoms with Gasteiger partial charge in [-0.15, -0.1) is 0 Å². The molecular formula is C19H19ClN4O2. The first-order chi connectivity index (χ1) is 12.6. The number of nitrogens with two attached hydrogens (primary N) is 1. The van der Waals surface area contributed by atoms with Crippen LogP contribution in [0.2, 0.25) is 5.02 Å². The van der Waals surface area contributed by atoms with Crippen LogP contribution in [0.25, 0.3) is 11.3 Å². The second kappa shape index (κ2) is 6.97. The van der Waals surface area contributed by atoms with E-state index in [2.05, 4.69) is 14.9 Å². The van der Waals surface area contributed by atoms with Gasteiger partial charge in [0, 0.05) is 36.8 Å². The third-order valence-corrected chi connectivity index (χ3v) is 4.80. The summed E-state index contributed by atoms with van der Waals surface area (Å²) in [5.41, 5.74) is 8.75. The van der Waals surface area contributed by atoms with E-state index < -0.39 is 0 Å². The Hall–Kier alpha value is -2.57. The molecule has 0 bridgehead atoms. The molecule has 0 atom stereocenters. The normalized spacial score (nSPS) is 14.2. The molecule has 1 aliphatic heterocycles. The minimum Gasteiger partial charge on any atom is -0.495 e. The number of anilines is 1. The number of methoxy groups -OCH3 is 1. The average Bonchev–Trinajstić information content (AvgIpc) is 3.10. The molecule has 0 saturated heterocycles. The van der Waals surface area contributed by atoms with Crippen LogP contribution in [0.3, 0.4) is 0 Å². The molecule has 26 heavy (non-hydrogen) atoms. The van der Waals surface area contributed by atoms with Gasteiger partial charge in [-0.25, -0.2) is 9.97 Å². The van der Waals surface area contributed by atoms with E-state index in [0.717, 1.165) is 54.4 Å². The first-order valence-electron chi connectivity index (χ1n) is 8.37. The number of ether oxygens (including phenoxy) is 1. The summed E-state index contributed by atoms with van der Waals surface area (Å²) in [5.74, 6) is 2.69. The fourth-order valence-electron chi connectivity index (χ4n) is 3.18. The summed E-state index contributed by atoms with van der Waals surface area (Å²) in [6.45, 7) is 2.43. The van der Waals surface area contributed by atoms with Crippen LogP contribution < -0.4 is 10.5 Å². The Morgan fingerprint density at radius 1 is 1.31 bits per heavy atom. The van der Waals surface area contributed by atoms with Crippen LogP contribution in [0.5, 0.6) is 5.75 Å². The zero-order chi connectivity index (χ0) is 18.1. The lowest BCUT2D eigenvalue weighted by atomic mass is 10.1. The summed E-state index contributed by atoms with van der Waals surface area (Å²) >= 11 is 6.21. The summed E-state index contributed by atoms with van der Waals surface area (Å²) in [6.07, 6.45) is 2.68. The van der Waals surface area contributed by atoms with E-state index in [9.17, 15) is 0 Å². The molecule has 2 N–H and O–H groups in total. The van der Waals surface area contributed by atoms with Crippen molar-refractivity contribution in [2.75, 3.05) is 19.4 Å². The molecule has 0 spiro atoms. The van der Waals surface area contributed by atoms with Crippen molar-refractivity contribution in [2.45, 2.75) is 19.5 Å². The van der Waals surface area contributed by atoms with Crippen LogP contribution in [-0.4, -0.2) is 28.5 Å². The van der Waals surface area contributed by atoms with E-state index >= 15 is 0 Å². The van der Waals surface area contributed by atoms with Gasteiger partial charge in [-0.05, 0) is 30.3 Å². The molecule has 0 amide bonds. The molecular weight excluding hydrogens is 352 g/mol. The van der Waals surface area contributed by atoms with Crippen molar-refractivity contribution < 1.29 is 9.15 Å². The number of aromatic nitrogens is 2. The van der Waals surface area contributed by atoms with Crippen LogP contribution in [-0.2, 0) is 19.5 Å². The van der Waals surface area contributed by atoms with Crippen LogP contribution in [0.1, 0.15) is 17.0 Å². The summed E-state index contributed by atoms with van der Waals surface area (Å²) in [7, 11) is 1.60. The maximum atomic E-state index is 6.21. The molecule has 3 aromatic rings. The van der Waals surface area contributed by atoms with Gasteiger partial charge in [-0.1, -0.05) is 11.6 Å². The van der Waals surface area contributed by atoms with Crippen molar-refractivity contribution in [3.63, 3.8) is 0 Å². The number of hydrogen-bond donors (Lipinski definition) is 1. The number of halogens is 1. The molecule has 6 nitrogen and oxygen atoms in total. The fourth-order valence-corrected chi connectivity index (χ4v) is 3.44. The second-order valence-corrected chi connectivity index (χ2v) is 6.68. The summed E-state index contributed by atoms with van der Waals surface area (Å²) in [5, 5.41) is 0.565. The third kappa shape index (κ3) is 3.38. The molecule has 0 unspecified atom stereocenters. The fraction of sp³-hybridized carbons (Fsp3) is 0.263. The summed E-state index contributed by atoms with van der Waals surface area (Å²) in [6, 6.07) is 9.60. The van der Waals surface area contributed by atoms with Crippen LogP contribution in [0, 0.1) is 0 Å². The van der Waals surface area contributed by atoms with Crippen molar-refractivity contribution in [3.05, 3.63) is 58.6 Å². The van der Waals surface area contributed by atoms with Crippen LogP contribution in [0.4, 0.5) is 5.95 Å². The largest absolute Gasteiger partial charge is 0.495 e. The number of rotatable bonds is 4. The van der Waals surface area contributed by atoms with Crippen LogP contribution >= 0.6 is 11.6 Å². The Morgan fingerprint density at radius 3 is 3.00 bits per heavy atom. The Kier molecular flexibility index (Phi) is 4.53. The van der Waals surface area contributed by atoms with Crippen molar-refractivity contribution >= 4 is 17.5 Å². The van der Waals surface area contributed by atoms with E-state index in [0.29, 0.717) is 16.7 Å². The van der Waals surface area contributed by atoms with Gasteiger partial charge in [-0.3, -0.25) is 4.90 Å². The Bertz CT molecular complexity index is 941. The minimum absolute atomic E-state index is 0.339. The maximum absolute atomic E-state index is 6.21. The Labute approximate surface area is 156 Å². The lowest BCUT2D eigenvalue weighted by Gasteiger charge is -2.26. The Balaban J connectivity index is 1.47. The van der Waals surface area contributed by atoms with Gasteiger partial charge in [-0.2, -0.15) is 0 Å². The lowest BCUT2D eigenvalue weighted by molar-refractivity contribution is 0.224. The van der Waals surface area contributed by atoms with Crippen molar-refractivity contribution in [3.8, 4) is 17.1 Å². The smallest absolute Gasteiger partial charge is 0.220 e. The zero-order valence-corrected chi connectivity index (χ0v) is 15.2. The highest BCUT2D eigenvalue weighted by molar-refractivity contribution is 6.32. The molecule has 0 aliphatic carbocycles. The number of benzene rings is 1. The lowest BCUT2D eigenvalue weighted by Crippen LogP contribution is -2.30.